The van der Waals surface area contributed by atoms with Gasteiger partial charge in [-0.25, -0.2) is 5.01 Å². The van der Waals surface area contributed by atoms with Crippen molar-refractivity contribution in [2.45, 2.75) is 51.0 Å². The van der Waals surface area contributed by atoms with Crippen molar-refractivity contribution in [2.75, 3.05) is 6.54 Å². The molecule has 0 aromatic carbocycles. The number of carbonyl (C=O) groups is 1. The highest BCUT2D eigenvalue weighted by atomic mass is 16.2. The molecule has 4 heteroatoms. The van der Waals surface area contributed by atoms with Gasteiger partial charge in [-0.1, -0.05) is 0 Å². The van der Waals surface area contributed by atoms with Crippen LogP contribution in [0.25, 0.3) is 0 Å². The Labute approximate surface area is 114 Å². The largest absolute Gasteiger partial charge is 0.325 e. The Morgan fingerprint density at radius 2 is 1.68 bits per heavy atom. The standard InChI is InChI=1S/C15H23N3O/c16-8-13-1-2-14(19)18(17-13)15-11-4-9-3-10(6-11)7-12(15)5-9/h9-12,15H,1-8,16H2. The molecule has 2 N–H and O–H groups in total. The summed E-state index contributed by atoms with van der Waals surface area (Å²) in [6.45, 7) is 0.497. The first kappa shape index (κ1) is 11.9. The van der Waals surface area contributed by atoms with E-state index < -0.39 is 0 Å². The van der Waals surface area contributed by atoms with Crippen LogP contribution >= 0.6 is 0 Å². The lowest BCUT2D eigenvalue weighted by molar-refractivity contribution is -0.144. The van der Waals surface area contributed by atoms with Crippen LogP contribution in [0.3, 0.4) is 0 Å². The van der Waals surface area contributed by atoms with Gasteiger partial charge in [-0.3, -0.25) is 4.79 Å². The number of hydrazone groups is 1. The molecule has 4 bridgehead atoms. The fraction of sp³-hybridized carbons (Fsp3) is 0.867. The molecule has 4 nitrogen and oxygen atoms in total. The Bertz CT molecular complexity index is 403. The molecule has 19 heavy (non-hydrogen) atoms. The molecule has 0 aromatic rings. The van der Waals surface area contributed by atoms with E-state index in [0.717, 1.165) is 24.0 Å². The first-order valence-corrected chi connectivity index (χ1v) is 7.83. The molecule has 0 spiro atoms. The van der Waals surface area contributed by atoms with Crippen molar-refractivity contribution in [1.29, 1.82) is 0 Å². The summed E-state index contributed by atoms with van der Waals surface area (Å²) in [7, 11) is 0. The number of hydrogen-bond acceptors (Lipinski definition) is 3. The van der Waals surface area contributed by atoms with E-state index in [1.165, 1.54) is 32.1 Å². The highest BCUT2D eigenvalue weighted by molar-refractivity contribution is 5.93. The van der Waals surface area contributed by atoms with Crippen LogP contribution < -0.4 is 5.73 Å². The van der Waals surface area contributed by atoms with Crippen molar-refractivity contribution >= 4 is 11.6 Å². The quantitative estimate of drug-likeness (QED) is 0.823. The van der Waals surface area contributed by atoms with E-state index >= 15 is 0 Å². The minimum absolute atomic E-state index is 0.231. The van der Waals surface area contributed by atoms with Crippen LogP contribution in [0.5, 0.6) is 0 Å². The topological polar surface area (TPSA) is 58.7 Å². The molecule has 1 aliphatic heterocycles. The second-order valence-electron chi connectivity index (χ2n) is 7.03. The molecule has 4 aliphatic carbocycles. The van der Waals surface area contributed by atoms with Crippen LogP contribution in [0.15, 0.2) is 5.10 Å². The lowest BCUT2D eigenvalue weighted by Crippen LogP contribution is -2.57. The lowest BCUT2D eigenvalue weighted by atomic mass is 9.54. The molecule has 104 valence electrons. The van der Waals surface area contributed by atoms with E-state index in [1.54, 1.807) is 0 Å². The van der Waals surface area contributed by atoms with Gasteiger partial charge < -0.3 is 5.73 Å². The average Bonchev–Trinajstić information content (AvgIpc) is 2.39. The number of carbonyl (C=O) groups excluding carboxylic acids is 1. The fourth-order valence-electron chi connectivity index (χ4n) is 5.30. The minimum atomic E-state index is 0.231. The van der Waals surface area contributed by atoms with Crippen LogP contribution in [0.1, 0.15) is 44.9 Å². The Hall–Kier alpha value is -0.900. The molecule has 1 amide bonds. The van der Waals surface area contributed by atoms with Gasteiger partial charge in [-0.15, -0.1) is 0 Å². The van der Waals surface area contributed by atoms with Gasteiger partial charge in [0.05, 0.1) is 11.8 Å². The highest BCUT2D eigenvalue weighted by Gasteiger charge is 2.51. The summed E-state index contributed by atoms with van der Waals surface area (Å²) in [5.41, 5.74) is 6.72. The molecule has 0 atom stereocenters. The van der Waals surface area contributed by atoms with Crippen molar-refractivity contribution in [1.82, 2.24) is 5.01 Å². The number of nitrogens with two attached hydrogens (primary N) is 1. The monoisotopic (exact) mass is 261 g/mol. The number of nitrogens with zero attached hydrogens (tertiary/aromatic N) is 2. The van der Waals surface area contributed by atoms with Gasteiger partial charge in [0.25, 0.3) is 0 Å². The summed E-state index contributed by atoms with van der Waals surface area (Å²) in [4.78, 5) is 12.3. The smallest absolute Gasteiger partial charge is 0.243 e. The van der Waals surface area contributed by atoms with Crippen molar-refractivity contribution in [3.8, 4) is 0 Å². The van der Waals surface area contributed by atoms with E-state index in [1.807, 2.05) is 5.01 Å². The highest BCUT2D eigenvalue weighted by Crippen LogP contribution is 2.55. The third-order valence-electron chi connectivity index (χ3n) is 5.83. The Kier molecular flexibility index (Phi) is 2.69. The lowest BCUT2D eigenvalue weighted by Gasteiger charge is -2.56. The molecule has 0 saturated heterocycles. The fourth-order valence-corrected chi connectivity index (χ4v) is 5.30. The summed E-state index contributed by atoms with van der Waals surface area (Å²) < 4.78 is 0. The predicted molar refractivity (Wildman–Crippen MR) is 73.4 cm³/mol. The van der Waals surface area contributed by atoms with Crippen LogP contribution in [0, 0.1) is 23.7 Å². The zero-order valence-electron chi connectivity index (χ0n) is 11.4. The van der Waals surface area contributed by atoms with Crippen LogP contribution in [-0.4, -0.2) is 29.2 Å². The van der Waals surface area contributed by atoms with Gasteiger partial charge in [0, 0.05) is 13.0 Å². The van der Waals surface area contributed by atoms with Crippen LogP contribution in [0.2, 0.25) is 0 Å². The zero-order chi connectivity index (χ0) is 13.0. The summed E-state index contributed by atoms with van der Waals surface area (Å²) in [5.74, 6) is 3.53. The molecular weight excluding hydrogens is 238 g/mol. The average molecular weight is 261 g/mol. The van der Waals surface area contributed by atoms with Gasteiger partial charge in [0.2, 0.25) is 5.91 Å². The summed E-state index contributed by atoms with van der Waals surface area (Å²) in [5, 5.41) is 6.46. The van der Waals surface area contributed by atoms with Crippen molar-refractivity contribution in [3.63, 3.8) is 0 Å². The van der Waals surface area contributed by atoms with Gasteiger partial charge in [0.15, 0.2) is 0 Å². The normalized spacial score (nSPS) is 44.7. The van der Waals surface area contributed by atoms with E-state index in [-0.39, 0.29) is 5.91 Å². The predicted octanol–water partition coefficient (Wildman–Crippen LogP) is 1.75. The van der Waals surface area contributed by atoms with Gasteiger partial charge in [-0.2, -0.15) is 5.10 Å². The molecule has 1 heterocycles. The summed E-state index contributed by atoms with van der Waals surface area (Å²) >= 11 is 0. The Morgan fingerprint density at radius 1 is 1.05 bits per heavy atom. The summed E-state index contributed by atoms with van der Waals surface area (Å²) in [6.07, 6.45) is 8.14. The van der Waals surface area contributed by atoms with Crippen molar-refractivity contribution in [3.05, 3.63) is 0 Å². The molecule has 4 saturated carbocycles. The van der Waals surface area contributed by atoms with E-state index in [9.17, 15) is 4.79 Å². The van der Waals surface area contributed by atoms with Gasteiger partial charge >= 0.3 is 0 Å². The van der Waals surface area contributed by atoms with E-state index in [4.69, 9.17) is 5.73 Å². The molecule has 0 radical (unpaired) electrons. The minimum Gasteiger partial charge on any atom is -0.325 e. The van der Waals surface area contributed by atoms with Crippen molar-refractivity contribution < 1.29 is 4.79 Å². The van der Waals surface area contributed by atoms with Crippen molar-refractivity contribution in [2.24, 2.45) is 34.5 Å². The van der Waals surface area contributed by atoms with Gasteiger partial charge in [-0.05, 0) is 62.2 Å². The molecule has 4 fully saturated rings. The van der Waals surface area contributed by atoms with Crippen LogP contribution in [-0.2, 0) is 4.79 Å². The third kappa shape index (κ3) is 1.83. The number of amides is 1. The zero-order valence-corrected chi connectivity index (χ0v) is 11.4. The molecule has 0 unspecified atom stereocenters. The molecular formula is C15H23N3O. The molecule has 5 aliphatic rings. The van der Waals surface area contributed by atoms with Crippen LogP contribution in [0.4, 0.5) is 0 Å². The van der Waals surface area contributed by atoms with E-state index in [2.05, 4.69) is 5.10 Å². The Morgan fingerprint density at radius 3 is 2.26 bits per heavy atom. The van der Waals surface area contributed by atoms with E-state index in [0.29, 0.717) is 30.8 Å². The first-order valence-electron chi connectivity index (χ1n) is 7.83. The third-order valence-corrected chi connectivity index (χ3v) is 5.83. The maximum Gasteiger partial charge on any atom is 0.243 e. The molecule has 0 aromatic heterocycles. The SMILES string of the molecule is NCC1=NN(C2C3CC4CC(C3)CC2C4)C(=O)CC1. The number of rotatable bonds is 2. The second-order valence-corrected chi connectivity index (χ2v) is 7.03. The first-order chi connectivity index (χ1) is 9.24. The van der Waals surface area contributed by atoms with Gasteiger partial charge in [0.1, 0.15) is 0 Å². The maximum atomic E-state index is 12.3. The maximum absolute atomic E-state index is 12.3. The molecule has 5 rings (SSSR count). The second kappa shape index (κ2) is 4.30. The Balaban J connectivity index is 1.63. The number of hydrogen-bond donors (Lipinski definition) is 1. The summed E-state index contributed by atoms with van der Waals surface area (Å²) in [6, 6.07) is 0.391.